The Hall–Kier alpha value is -3.37. The van der Waals surface area contributed by atoms with Crippen LogP contribution in [-0.4, -0.2) is 57.1 Å². The summed E-state index contributed by atoms with van der Waals surface area (Å²) in [5.41, 5.74) is 2.26. The highest BCUT2D eigenvalue weighted by Crippen LogP contribution is 2.30. The van der Waals surface area contributed by atoms with Gasteiger partial charge in [0.25, 0.3) is 0 Å². The molecule has 0 aromatic heterocycles. The number of amides is 2. The zero-order chi connectivity index (χ0) is 31.4. The maximum atomic E-state index is 14.0. The average Bonchev–Trinajstić information content (AvgIpc) is 2.97. The van der Waals surface area contributed by atoms with E-state index in [1.54, 1.807) is 29.2 Å². The van der Waals surface area contributed by atoms with E-state index in [2.05, 4.69) is 21.2 Å². The third kappa shape index (κ3) is 10.7. The van der Waals surface area contributed by atoms with E-state index >= 15 is 0 Å². The van der Waals surface area contributed by atoms with E-state index in [-0.39, 0.29) is 43.7 Å². The number of halogens is 1. The first-order valence-corrected chi connectivity index (χ1v) is 17.2. The Kier molecular flexibility index (Phi) is 13.1. The van der Waals surface area contributed by atoms with E-state index in [9.17, 15) is 18.0 Å². The Morgan fingerprint density at radius 1 is 0.930 bits per heavy atom. The van der Waals surface area contributed by atoms with E-state index in [4.69, 9.17) is 4.74 Å². The van der Waals surface area contributed by atoms with Crippen molar-refractivity contribution in [3.63, 3.8) is 0 Å². The molecule has 10 heteroatoms. The Bertz CT molecular complexity index is 1430. The van der Waals surface area contributed by atoms with Crippen molar-refractivity contribution in [3.05, 3.63) is 94.5 Å². The number of carbonyl (C=O) groups excluding carboxylic acids is 2. The van der Waals surface area contributed by atoms with Crippen LogP contribution in [0.15, 0.2) is 83.3 Å². The molecule has 232 valence electrons. The molecular formula is C33H42BrN3O5S. The first kappa shape index (κ1) is 34.1. The molecule has 0 aliphatic heterocycles. The Labute approximate surface area is 264 Å². The van der Waals surface area contributed by atoms with Gasteiger partial charge in [-0.15, -0.1) is 0 Å². The molecule has 0 aliphatic rings. The monoisotopic (exact) mass is 671 g/mol. The molecule has 0 aliphatic carbocycles. The molecule has 0 bridgehead atoms. The van der Waals surface area contributed by atoms with Gasteiger partial charge < -0.3 is 15.0 Å². The van der Waals surface area contributed by atoms with Crippen LogP contribution in [-0.2, 0) is 32.6 Å². The van der Waals surface area contributed by atoms with Crippen molar-refractivity contribution in [2.75, 3.05) is 30.3 Å². The minimum absolute atomic E-state index is 0.0576. The summed E-state index contributed by atoms with van der Waals surface area (Å²) in [5, 5.41) is 3.02. The van der Waals surface area contributed by atoms with Gasteiger partial charge in [-0.3, -0.25) is 13.9 Å². The smallest absolute Gasteiger partial charge is 0.243 e. The van der Waals surface area contributed by atoms with Crippen LogP contribution in [0.5, 0.6) is 5.75 Å². The first-order chi connectivity index (χ1) is 20.5. The summed E-state index contributed by atoms with van der Waals surface area (Å²) in [6, 6.07) is 23.5. The number of sulfonamides is 1. The Morgan fingerprint density at radius 3 is 2.21 bits per heavy atom. The summed E-state index contributed by atoms with van der Waals surface area (Å²) in [7, 11) is -3.66. The van der Waals surface area contributed by atoms with Crippen LogP contribution in [0.2, 0.25) is 0 Å². The van der Waals surface area contributed by atoms with E-state index in [0.29, 0.717) is 31.0 Å². The molecule has 0 saturated heterocycles. The van der Waals surface area contributed by atoms with E-state index < -0.39 is 16.1 Å². The molecule has 0 spiro atoms. The highest BCUT2D eigenvalue weighted by atomic mass is 79.9. The second kappa shape index (κ2) is 16.5. The van der Waals surface area contributed by atoms with Gasteiger partial charge in [0, 0.05) is 36.9 Å². The number of nitrogens with zero attached hydrogens (tertiary/aromatic N) is 2. The zero-order valence-corrected chi connectivity index (χ0v) is 27.7. The van der Waals surface area contributed by atoms with Gasteiger partial charge >= 0.3 is 0 Å². The van der Waals surface area contributed by atoms with Gasteiger partial charge in [-0.05, 0) is 54.7 Å². The minimum Gasteiger partial charge on any atom is -0.492 e. The summed E-state index contributed by atoms with van der Waals surface area (Å²) in [4.78, 5) is 29.2. The van der Waals surface area contributed by atoms with Crippen LogP contribution in [0, 0.1) is 5.92 Å². The quantitative estimate of drug-likeness (QED) is 0.208. The summed E-state index contributed by atoms with van der Waals surface area (Å²) in [6.45, 7) is 7.09. The molecule has 8 nitrogen and oxygen atoms in total. The first-order valence-electron chi connectivity index (χ1n) is 14.5. The molecule has 3 aromatic carbocycles. The predicted octanol–water partition coefficient (Wildman–Crippen LogP) is 5.81. The van der Waals surface area contributed by atoms with Crippen LogP contribution >= 0.6 is 15.9 Å². The normalized spacial score (nSPS) is 12.0. The highest BCUT2D eigenvalue weighted by Gasteiger charge is 2.31. The summed E-state index contributed by atoms with van der Waals surface area (Å²) in [6.07, 6.45) is 1.81. The van der Waals surface area contributed by atoms with E-state index in [0.717, 1.165) is 21.9 Å². The number of rotatable bonds is 16. The average molecular weight is 673 g/mol. The Morgan fingerprint density at radius 2 is 1.58 bits per heavy atom. The summed E-state index contributed by atoms with van der Waals surface area (Å²) < 4.78 is 33.5. The molecule has 3 aromatic rings. The molecule has 1 unspecified atom stereocenters. The fourth-order valence-corrected chi connectivity index (χ4v) is 5.92. The third-order valence-corrected chi connectivity index (χ3v) is 8.52. The molecule has 1 atom stereocenters. The molecular weight excluding hydrogens is 630 g/mol. The molecule has 43 heavy (non-hydrogen) atoms. The predicted molar refractivity (Wildman–Crippen MR) is 176 cm³/mol. The molecule has 0 saturated carbocycles. The van der Waals surface area contributed by atoms with Crippen LogP contribution < -0.4 is 14.4 Å². The molecule has 0 heterocycles. The van der Waals surface area contributed by atoms with E-state index in [1.165, 1.54) is 4.31 Å². The van der Waals surface area contributed by atoms with Gasteiger partial charge in [0.05, 0.1) is 18.6 Å². The fraction of sp³-hybridized carbons (Fsp3) is 0.394. The SMILES string of the molecule is CCOc1ccccc1N(CCCC(=O)N(Cc1ccc(Br)cc1)C(Cc1ccccc1)C(=O)NCC(C)C)S(C)(=O)=O. The maximum absolute atomic E-state index is 14.0. The maximum Gasteiger partial charge on any atom is 0.243 e. The van der Waals surface area contributed by atoms with Crippen LogP contribution in [0.1, 0.15) is 44.7 Å². The van der Waals surface area contributed by atoms with Gasteiger partial charge in [-0.2, -0.15) is 0 Å². The highest BCUT2D eigenvalue weighted by molar-refractivity contribution is 9.10. The van der Waals surface area contributed by atoms with Crippen molar-refractivity contribution in [2.45, 2.75) is 52.6 Å². The van der Waals surface area contributed by atoms with Crippen molar-refractivity contribution >= 4 is 43.5 Å². The number of hydrogen-bond donors (Lipinski definition) is 1. The second-order valence-electron chi connectivity index (χ2n) is 10.8. The molecule has 1 N–H and O–H groups in total. The lowest BCUT2D eigenvalue weighted by Crippen LogP contribution is -2.51. The van der Waals surface area contributed by atoms with Crippen LogP contribution in [0.25, 0.3) is 0 Å². The summed E-state index contributed by atoms with van der Waals surface area (Å²) >= 11 is 3.46. The molecule has 2 amide bonds. The third-order valence-electron chi connectivity index (χ3n) is 6.81. The number of ether oxygens (including phenoxy) is 1. The van der Waals surface area contributed by atoms with Crippen molar-refractivity contribution in [2.24, 2.45) is 5.92 Å². The number of benzene rings is 3. The lowest BCUT2D eigenvalue weighted by molar-refractivity contribution is -0.141. The van der Waals surface area contributed by atoms with E-state index in [1.807, 2.05) is 75.4 Å². The van der Waals surface area contributed by atoms with Gasteiger partial charge in [-0.1, -0.05) is 84.4 Å². The van der Waals surface area contributed by atoms with Crippen molar-refractivity contribution in [1.29, 1.82) is 0 Å². The lowest BCUT2D eigenvalue weighted by atomic mass is 10.0. The zero-order valence-electron chi connectivity index (χ0n) is 25.3. The van der Waals surface area contributed by atoms with Gasteiger partial charge in [0.15, 0.2) is 0 Å². The standard InChI is InChI=1S/C33H42BrN3O5S/c1-5-42-31-15-10-9-14-29(31)37(43(4,40)41)21-11-16-32(38)36(24-27-17-19-28(34)20-18-27)30(33(39)35-23-25(2)3)22-26-12-7-6-8-13-26/h6-10,12-15,17-20,25,30H,5,11,16,21-24H2,1-4H3,(H,35,39). The summed E-state index contributed by atoms with van der Waals surface area (Å²) in [5.74, 6) is 0.267. The van der Waals surface area contributed by atoms with Crippen LogP contribution in [0.4, 0.5) is 5.69 Å². The van der Waals surface area contributed by atoms with Crippen LogP contribution in [0.3, 0.4) is 0 Å². The topological polar surface area (TPSA) is 96.0 Å². The second-order valence-corrected chi connectivity index (χ2v) is 13.7. The van der Waals surface area contributed by atoms with Crippen molar-refractivity contribution in [3.8, 4) is 5.75 Å². The van der Waals surface area contributed by atoms with Crippen molar-refractivity contribution in [1.82, 2.24) is 10.2 Å². The van der Waals surface area contributed by atoms with Gasteiger partial charge in [0.2, 0.25) is 21.8 Å². The molecule has 3 rings (SSSR count). The number of hydrogen-bond acceptors (Lipinski definition) is 5. The molecule has 0 radical (unpaired) electrons. The van der Waals surface area contributed by atoms with Gasteiger partial charge in [-0.25, -0.2) is 8.42 Å². The number of anilines is 1. The Balaban J connectivity index is 1.89. The van der Waals surface area contributed by atoms with Crippen molar-refractivity contribution < 1.29 is 22.7 Å². The molecule has 0 fully saturated rings. The number of para-hydroxylation sites is 2. The number of carbonyl (C=O) groups is 2. The van der Waals surface area contributed by atoms with Gasteiger partial charge in [0.1, 0.15) is 11.8 Å². The lowest BCUT2D eigenvalue weighted by Gasteiger charge is -2.32. The largest absolute Gasteiger partial charge is 0.492 e. The number of nitrogens with one attached hydrogen (secondary N) is 1. The fourth-order valence-electron chi connectivity index (χ4n) is 4.69. The minimum atomic E-state index is -3.66.